The van der Waals surface area contributed by atoms with Gasteiger partial charge in [-0.15, -0.1) is 0 Å². The quantitative estimate of drug-likeness (QED) is 0.582. The minimum Gasteiger partial charge on any atom is -0.508 e. The van der Waals surface area contributed by atoms with Crippen LogP contribution in [-0.2, 0) is 4.79 Å². The first-order valence-corrected chi connectivity index (χ1v) is 8.32. The molecule has 2 aromatic rings. The Labute approximate surface area is 149 Å². The summed E-state index contributed by atoms with van der Waals surface area (Å²) in [5.74, 6) is 0.487. The van der Waals surface area contributed by atoms with Gasteiger partial charge in [-0.3, -0.25) is 4.79 Å². The fraction of sp³-hybridized carbons (Fsp3) is 0.222. The number of aromatic hydroxyl groups is 1. The van der Waals surface area contributed by atoms with Crippen LogP contribution in [-0.4, -0.2) is 23.3 Å². The van der Waals surface area contributed by atoms with Crippen molar-refractivity contribution in [1.82, 2.24) is 5.43 Å². The Hall–Kier alpha value is -2.34. The molecule has 2 aromatic carbocycles. The Kier molecular flexibility index (Phi) is 6.37. The van der Waals surface area contributed by atoms with Gasteiger partial charge in [0.2, 0.25) is 0 Å². The van der Waals surface area contributed by atoms with Crippen molar-refractivity contribution in [3.05, 3.63) is 58.1 Å². The van der Waals surface area contributed by atoms with Crippen LogP contribution in [0, 0.1) is 6.92 Å². The van der Waals surface area contributed by atoms with Crippen molar-refractivity contribution in [3.8, 4) is 11.5 Å². The maximum atomic E-state index is 11.9. The van der Waals surface area contributed by atoms with Crippen molar-refractivity contribution in [2.45, 2.75) is 20.3 Å². The van der Waals surface area contributed by atoms with Crippen LogP contribution in [0.3, 0.4) is 0 Å². The number of hydrogen-bond acceptors (Lipinski definition) is 4. The van der Waals surface area contributed by atoms with Crippen LogP contribution in [0.15, 0.2) is 52.0 Å². The molecule has 1 amide bonds. The third kappa shape index (κ3) is 5.09. The van der Waals surface area contributed by atoms with Crippen molar-refractivity contribution in [2.75, 3.05) is 6.61 Å². The fourth-order valence-corrected chi connectivity index (χ4v) is 2.27. The number of amides is 1. The summed E-state index contributed by atoms with van der Waals surface area (Å²) in [5, 5.41) is 13.4. The van der Waals surface area contributed by atoms with Gasteiger partial charge in [0.25, 0.3) is 5.91 Å². The average Bonchev–Trinajstić information content (AvgIpc) is 2.58. The molecule has 5 nitrogen and oxygen atoms in total. The minimum absolute atomic E-state index is 0.114. The van der Waals surface area contributed by atoms with Crippen molar-refractivity contribution in [1.29, 1.82) is 0 Å². The molecular weight excluding hydrogens is 372 g/mol. The van der Waals surface area contributed by atoms with Gasteiger partial charge in [0.15, 0.2) is 6.61 Å². The zero-order chi connectivity index (χ0) is 17.5. The van der Waals surface area contributed by atoms with Crippen LogP contribution in [0.5, 0.6) is 11.5 Å². The zero-order valence-electron chi connectivity index (χ0n) is 13.5. The van der Waals surface area contributed by atoms with E-state index in [1.54, 1.807) is 30.3 Å². The summed E-state index contributed by atoms with van der Waals surface area (Å²) in [6, 6.07) is 12.2. The monoisotopic (exact) mass is 390 g/mol. The van der Waals surface area contributed by atoms with Crippen LogP contribution in [0.4, 0.5) is 0 Å². The topological polar surface area (TPSA) is 70.9 Å². The molecule has 0 unspecified atom stereocenters. The standard InChI is InChI=1S/C18H19BrN2O3/c1-3-17(13-4-6-14(22)7-5-13)20-21-18(23)11-24-15-8-9-16(19)12(2)10-15/h4-10,22H,3,11H2,1-2H3,(H,21,23)/b20-17+. The highest BCUT2D eigenvalue weighted by atomic mass is 79.9. The molecule has 0 bridgehead atoms. The van der Waals surface area contributed by atoms with E-state index in [-0.39, 0.29) is 18.3 Å². The highest BCUT2D eigenvalue weighted by Crippen LogP contribution is 2.21. The zero-order valence-corrected chi connectivity index (χ0v) is 15.1. The van der Waals surface area contributed by atoms with Gasteiger partial charge < -0.3 is 9.84 Å². The number of nitrogens with one attached hydrogen (secondary N) is 1. The molecule has 0 radical (unpaired) electrons. The smallest absolute Gasteiger partial charge is 0.277 e. The molecule has 2 N–H and O–H groups in total. The Balaban J connectivity index is 1.93. The van der Waals surface area contributed by atoms with Crippen molar-refractivity contribution in [3.63, 3.8) is 0 Å². The van der Waals surface area contributed by atoms with E-state index in [4.69, 9.17) is 4.74 Å². The van der Waals surface area contributed by atoms with Gasteiger partial charge in [0.05, 0.1) is 5.71 Å². The number of carbonyl (C=O) groups is 1. The lowest BCUT2D eigenvalue weighted by atomic mass is 10.1. The van der Waals surface area contributed by atoms with Crippen LogP contribution in [0.1, 0.15) is 24.5 Å². The van der Waals surface area contributed by atoms with Gasteiger partial charge in [-0.1, -0.05) is 22.9 Å². The van der Waals surface area contributed by atoms with Gasteiger partial charge >= 0.3 is 0 Å². The molecule has 0 aliphatic heterocycles. The molecule has 0 aromatic heterocycles. The number of rotatable bonds is 6. The molecule has 0 saturated carbocycles. The predicted molar refractivity (Wildman–Crippen MR) is 97.5 cm³/mol. The predicted octanol–water partition coefficient (Wildman–Crippen LogP) is 3.77. The van der Waals surface area contributed by atoms with E-state index < -0.39 is 0 Å². The van der Waals surface area contributed by atoms with E-state index in [0.29, 0.717) is 12.2 Å². The fourth-order valence-electron chi connectivity index (χ4n) is 2.02. The van der Waals surface area contributed by atoms with E-state index in [2.05, 4.69) is 26.5 Å². The summed E-state index contributed by atoms with van der Waals surface area (Å²) < 4.78 is 6.45. The van der Waals surface area contributed by atoms with Crippen molar-refractivity contribution < 1.29 is 14.6 Å². The van der Waals surface area contributed by atoms with E-state index >= 15 is 0 Å². The van der Waals surface area contributed by atoms with Gasteiger partial charge in [-0.2, -0.15) is 5.10 Å². The summed E-state index contributed by atoms with van der Waals surface area (Å²) in [6.45, 7) is 3.78. The molecule has 24 heavy (non-hydrogen) atoms. The Morgan fingerprint density at radius 2 is 1.96 bits per heavy atom. The van der Waals surface area contributed by atoms with E-state index in [1.165, 1.54) is 0 Å². The average molecular weight is 391 g/mol. The highest BCUT2D eigenvalue weighted by Gasteiger charge is 2.06. The molecule has 0 saturated heterocycles. The Morgan fingerprint density at radius 3 is 2.58 bits per heavy atom. The number of benzene rings is 2. The van der Waals surface area contributed by atoms with Crippen molar-refractivity contribution in [2.24, 2.45) is 5.10 Å². The second-order valence-corrected chi connectivity index (χ2v) is 6.05. The van der Waals surface area contributed by atoms with Crippen LogP contribution < -0.4 is 10.2 Å². The lowest BCUT2D eigenvalue weighted by Gasteiger charge is -2.08. The first-order chi connectivity index (χ1) is 11.5. The largest absolute Gasteiger partial charge is 0.508 e. The van der Waals surface area contributed by atoms with Crippen molar-refractivity contribution >= 4 is 27.5 Å². The van der Waals surface area contributed by atoms with E-state index in [0.717, 1.165) is 21.3 Å². The van der Waals surface area contributed by atoms with E-state index in [1.807, 2.05) is 26.0 Å². The maximum Gasteiger partial charge on any atom is 0.277 e. The molecular formula is C18H19BrN2O3. The summed E-state index contributed by atoms with van der Waals surface area (Å²) in [5.41, 5.74) is 5.10. The van der Waals surface area contributed by atoms with Gasteiger partial charge in [0.1, 0.15) is 11.5 Å². The number of phenols is 1. The third-order valence-corrected chi connectivity index (χ3v) is 4.24. The molecule has 6 heteroatoms. The summed E-state index contributed by atoms with van der Waals surface area (Å²) in [6.07, 6.45) is 0.651. The number of aryl methyl sites for hydroxylation is 1. The van der Waals surface area contributed by atoms with Crippen LogP contribution in [0.25, 0.3) is 0 Å². The summed E-state index contributed by atoms with van der Waals surface area (Å²) in [4.78, 5) is 11.9. The summed E-state index contributed by atoms with van der Waals surface area (Å²) >= 11 is 3.42. The maximum absolute atomic E-state index is 11.9. The SMILES string of the molecule is CC/C(=N\NC(=O)COc1ccc(Br)c(C)c1)c1ccc(O)cc1. The van der Waals surface area contributed by atoms with Gasteiger partial charge in [0, 0.05) is 4.47 Å². The van der Waals surface area contributed by atoms with Gasteiger partial charge in [-0.05, 0) is 66.9 Å². The number of halogens is 1. The highest BCUT2D eigenvalue weighted by molar-refractivity contribution is 9.10. The number of hydrazone groups is 1. The third-order valence-electron chi connectivity index (χ3n) is 3.35. The molecule has 0 spiro atoms. The normalized spacial score (nSPS) is 11.2. The second-order valence-electron chi connectivity index (χ2n) is 5.19. The lowest BCUT2D eigenvalue weighted by molar-refractivity contribution is -0.123. The molecule has 0 atom stereocenters. The Morgan fingerprint density at radius 1 is 1.25 bits per heavy atom. The molecule has 0 fully saturated rings. The lowest BCUT2D eigenvalue weighted by Crippen LogP contribution is -2.26. The van der Waals surface area contributed by atoms with E-state index in [9.17, 15) is 9.90 Å². The molecule has 0 heterocycles. The molecule has 0 aliphatic rings. The minimum atomic E-state index is -0.333. The summed E-state index contributed by atoms with van der Waals surface area (Å²) in [7, 11) is 0. The van der Waals surface area contributed by atoms with Crippen LogP contribution >= 0.6 is 15.9 Å². The first-order valence-electron chi connectivity index (χ1n) is 7.53. The Bertz CT molecular complexity index is 742. The van der Waals surface area contributed by atoms with Crippen LogP contribution in [0.2, 0.25) is 0 Å². The molecule has 126 valence electrons. The molecule has 2 rings (SSSR count). The number of carbonyl (C=O) groups excluding carboxylic acids is 1. The molecule has 0 aliphatic carbocycles. The number of hydrogen-bond donors (Lipinski definition) is 2. The first kappa shape index (κ1) is 18.0. The number of ether oxygens (including phenoxy) is 1. The van der Waals surface area contributed by atoms with Gasteiger partial charge in [-0.25, -0.2) is 5.43 Å². The number of phenolic OH excluding ortho intramolecular Hbond substituents is 1. The second kappa shape index (κ2) is 8.49. The number of nitrogens with zero attached hydrogens (tertiary/aromatic N) is 1.